The second-order valence-corrected chi connectivity index (χ2v) is 27.2. The number of hydrogen-bond donors (Lipinski definition) is 15. The van der Waals surface area contributed by atoms with Crippen LogP contribution in [0.5, 0.6) is 5.75 Å². The Bertz CT molecular complexity index is 2870. The van der Waals surface area contributed by atoms with Gasteiger partial charge in [-0.25, -0.2) is 4.79 Å². The summed E-state index contributed by atoms with van der Waals surface area (Å²) in [4.78, 5) is 181. The topological polar surface area (TPSA) is 530 Å². The Morgan fingerprint density at radius 3 is 1.48 bits per heavy atom. The number of carbonyl (C=O) groups excluding carboxylic acids is 11. The van der Waals surface area contributed by atoms with Crippen LogP contribution in [0.1, 0.15) is 187 Å². The number of primary amides is 1. The Kier molecular flexibility index (Phi) is 53.5. The smallest absolute Gasteiger partial charge is 0.326 e. The monoisotopic (exact) mass is 1540 g/mol. The van der Waals surface area contributed by atoms with E-state index in [-0.39, 0.29) is 148 Å². The van der Waals surface area contributed by atoms with Crippen molar-refractivity contribution in [1.82, 2.24) is 52.8 Å². The lowest BCUT2D eigenvalue weighted by Crippen LogP contribution is -2.60. The highest BCUT2D eigenvalue weighted by atomic mass is 16.5. The summed E-state index contributed by atoms with van der Waals surface area (Å²) in [6.07, 6.45) is 14.5. The molecule has 7 atom stereocenters. The molecular weight excluding hydrogens is 1410 g/mol. The predicted molar refractivity (Wildman–Crippen MR) is 396 cm³/mol. The van der Waals surface area contributed by atoms with Gasteiger partial charge >= 0.3 is 17.9 Å². The number of carbonyl (C=O) groups is 14. The molecule has 1 rings (SSSR count). The average molecular weight is 1540 g/mol. The minimum absolute atomic E-state index is 0.0404. The van der Waals surface area contributed by atoms with E-state index < -0.39 is 145 Å². The number of ether oxygens (including phenoxy) is 5. The van der Waals surface area contributed by atoms with Crippen LogP contribution in [0.2, 0.25) is 0 Å². The summed E-state index contributed by atoms with van der Waals surface area (Å²) in [5, 5.41) is 61.0. The van der Waals surface area contributed by atoms with Crippen molar-refractivity contribution in [1.29, 1.82) is 0 Å². The third-order valence-electron chi connectivity index (χ3n) is 17.1. The molecule has 0 aliphatic rings. The second-order valence-electron chi connectivity index (χ2n) is 27.2. The van der Waals surface area contributed by atoms with E-state index in [2.05, 4.69) is 47.9 Å². The van der Waals surface area contributed by atoms with Gasteiger partial charge in [-0.15, -0.1) is 0 Å². The number of nitrogens with two attached hydrogens (primary N) is 2. The third kappa shape index (κ3) is 47.9. The molecule has 614 valence electrons. The molecule has 1 aromatic rings. The summed E-state index contributed by atoms with van der Waals surface area (Å²) in [7, 11) is 2.78. The van der Waals surface area contributed by atoms with E-state index in [0.29, 0.717) is 18.4 Å². The Balaban J connectivity index is 2.62. The highest BCUT2D eigenvalue weighted by Crippen LogP contribution is 2.17. The number of unbranched alkanes of at least 4 members (excludes halogenated alkanes) is 14. The normalized spacial score (nSPS) is 13.1. The molecule has 11 amide bonds. The molecule has 35 nitrogen and oxygen atoms in total. The maximum atomic E-state index is 14.3. The third-order valence-corrected chi connectivity index (χ3v) is 17.1. The molecule has 17 N–H and O–H groups in total. The number of amides is 11. The number of aromatic hydroxyl groups is 1. The van der Waals surface area contributed by atoms with Crippen LogP contribution in [-0.2, 0) is 97.2 Å². The van der Waals surface area contributed by atoms with Gasteiger partial charge in [-0.05, 0) is 87.4 Å². The summed E-state index contributed by atoms with van der Waals surface area (Å²) < 4.78 is 26.6. The number of carboxylic acid groups (broad SMARTS) is 3. The standard InChI is InChI=1S/C73H124N12O23/c1-49(2)43-58(71(100)81-53(67(75)96)32-36-104-6)85(5)63(91)46-78-72(101)66(50(3)4)84-70(99)56(44-51-26-28-52(86)29-27-51)83-68(97)54(23-21-22-33-74)82-69(98)57(45-65(94)95)80-62(90)48-108-42-40-106-38-35-77-61(89)47-107-41-39-105-37-34-76-59(87)31-30-55(73(102)103)79-60(88)24-19-17-15-13-11-9-7-8-10-12-14-16-18-20-25-64(92)93/h26-29,49-50,53-58,66,86H,7-25,30-48,74H2,1-6H3,(H2,75,96)(H,76,87)(H,77,89)(H,78,101)(H,79,88)(H,80,90)(H,81,100)(H,82,98)(H,83,97)(H,84,99)(H,92,93)(H,94,95)(H,102,103)/t53-,54-,55-,56-,57-,58-,66-/m0/s1. The van der Waals surface area contributed by atoms with Gasteiger partial charge in [0.25, 0.3) is 0 Å². The summed E-state index contributed by atoms with van der Waals surface area (Å²) in [6, 6.07) is -3.64. The van der Waals surface area contributed by atoms with Crippen LogP contribution in [0.25, 0.3) is 0 Å². The number of aliphatic carboxylic acids is 3. The van der Waals surface area contributed by atoms with Crippen molar-refractivity contribution in [2.24, 2.45) is 23.3 Å². The van der Waals surface area contributed by atoms with Gasteiger partial charge in [-0.3, -0.25) is 62.3 Å². The first-order valence-corrected chi connectivity index (χ1v) is 37.6. The van der Waals surface area contributed by atoms with Crippen molar-refractivity contribution in [3.8, 4) is 5.75 Å². The zero-order valence-electron chi connectivity index (χ0n) is 64.0. The second kappa shape index (κ2) is 59.3. The van der Waals surface area contributed by atoms with Crippen molar-refractivity contribution >= 4 is 82.9 Å². The number of hydrogen-bond acceptors (Lipinski definition) is 21. The van der Waals surface area contributed by atoms with E-state index in [1.54, 1.807) is 13.8 Å². The molecule has 0 heterocycles. The van der Waals surface area contributed by atoms with Gasteiger partial charge in [0.15, 0.2) is 0 Å². The molecule has 0 aliphatic carbocycles. The van der Waals surface area contributed by atoms with Crippen molar-refractivity contribution in [3.05, 3.63) is 29.8 Å². The Labute approximate surface area is 633 Å². The van der Waals surface area contributed by atoms with E-state index in [4.69, 9.17) is 40.3 Å². The molecule has 0 saturated heterocycles. The quantitative estimate of drug-likeness (QED) is 0.0406. The van der Waals surface area contributed by atoms with Crippen LogP contribution in [0.15, 0.2) is 24.3 Å². The highest BCUT2D eigenvalue weighted by Gasteiger charge is 2.35. The molecular formula is C73H124N12O23. The summed E-state index contributed by atoms with van der Waals surface area (Å²) in [5.74, 6) is -12.2. The Morgan fingerprint density at radius 1 is 0.463 bits per heavy atom. The van der Waals surface area contributed by atoms with Gasteiger partial charge in [-0.1, -0.05) is 117 Å². The van der Waals surface area contributed by atoms with E-state index >= 15 is 0 Å². The summed E-state index contributed by atoms with van der Waals surface area (Å²) in [6.45, 7) is 5.98. The lowest BCUT2D eigenvalue weighted by molar-refractivity contribution is -0.142. The highest BCUT2D eigenvalue weighted by molar-refractivity contribution is 5.98. The Morgan fingerprint density at radius 2 is 0.963 bits per heavy atom. The number of likely N-dealkylation sites (N-methyl/N-ethyl adjacent to an activating group) is 1. The van der Waals surface area contributed by atoms with Crippen molar-refractivity contribution < 1.29 is 111 Å². The van der Waals surface area contributed by atoms with Gasteiger partial charge in [0.1, 0.15) is 61.3 Å². The number of nitrogens with zero attached hydrogens (tertiary/aromatic N) is 1. The molecule has 1 aromatic carbocycles. The lowest BCUT2D eigenvalue weighted by Gasteiger charge is -2.30. The summed E-state index contributed by atoms with van der Waals surface area (Å²) >= 11 is 0. The lowest BCUT2D eigenvalue weighted by atomic mass is 10.00. The first-order valence-electron chi connectivity index (χ1n) is 37.6. The molecule has 0 unspecified atom stereocenters. The number of phenols is 1. The van der Waals surface area contributed by atoms with E-state index in [0.717, 1.165) is 56.3 Å². The maximum Gasteiger partial charge on any atom is 0.326 e. The number of rotatable bonds is 66. The number of nitrogens with one attached hydrogen (secondary N) is 9. The Hall–Kier alpha value is -8.64. The number of phenolic OH excluding ortho intramolecular Hbond substituents is 1. The molecule has 0 spiro atoms. The first kappa shape index (κ1) is 97.4. The van der Waals surface area contributed by atoms with Gasteiger partial charge in [-0.2, -0.15) is 0 Å². The van der Waals surface area contributed by atoms with Crippen LogP contribution < -0.4 is 59.3 Å². The average Bonchev–Trinajstić information content (AvgIpc) is 0.850. The van der Waals surface area contributed by atoms with Crippen molar-refractivity contribution in [2.45, 2.75) is 231 Å². The fraction of sp³-hybridized carbons (Fsp3) is 0.726. The van der Waals surface area contributed by atoms with Gasteiger partial charge in [0, 0.05) is 59.5 Å². The number of carboxylic acids is 3. The van der Waals surface area contributed by atoms with Gasteiger partial charge < -0.3 is 108 Å². The largest absolute Gasteiger partial charge is 0.508 e. The fourth-order valence-electron chi connectivity index (χ4n) is 11.0. The van der Waals surface area contributed by atoms with Crippen LogP contribution in [0, 0.1) is 11.8 Å². The zero-order valence-corrected chi connectivity index (χ0v) is 64.0. The minimum atomic E-state index is -1.73. The molecule has 0 aliphatic heterocycles. The maximum absolute atomic E-state index is 14.3. The fourth-order valence-corrected chi connectivity index (χ4v) is 11.0. The van der Waals surface area contributed by atoms with Crippen LogP contribution in [0.3, 0.4) is 0 Å². The van der Waals surface area contributed by atoms with Crippen LogP contribution in [-0.4, -0.2) is 250 Å². The number of benzene rings is 1. The summed E-state index contributed by atoms with van der Waals surface area (Å²) in [5.41, 5.74) is 11.7. The van der Waals surface area contributed by atoms with Crippen LogP contribution >= 0.6 is 0 Å². The predicted octanol–water partition coefficient (Wildman–Crippen LogP) is 1.10. The van der Waals surface area contributed by atoms with Gasteiger partial charge in [0.05, 0.1) is 52.6 Å². The molecule has 0 fully saturated rings. The minimum Gasteiger partial charge on any atom is -0.508 e. The van der Waals surface area contributed by atoms with E-state index in [9.17, 15) is 82.4 Å². The molecule has 35 heteroatoms. The molecule has 0 radical (unpaired) electrons. The van der Waals surface area contributed by atoms with E-state index in [1.165, 1.54) is 70.5 Å². The molecule has 108 heavy (non-hydrogen) atoms. The molecule has 0 aromatic heterocycles. The zero-order chi connectivity index (χ0) is 80.6. The van der Waals surface area contributed by atoms with Gasteiger partial charge in [0.2, 0.25) is 65.0 Å². The first-order chi connectivity index (χ1) is 51.5. The van der Waals surface area contributed by atoms with Crippen molar-refractivity contribution in [2.75, 3.05) is 99.8 Å². The van der Waals surface area contributed by atoms with Crippen LogP contribution in [0.4, 0.5) is 0 Å². The van der Waals surface area contributed by atoms with E-state index in [1.807, 2.05) is 13.8 Å². The number of methoxy groups -OCH3 is 1. The molecule has 0 bridgehead atoms. The molecule has 0 saturated carbocycles. The van der Waals surface area contributed by atoms with Crippen molar-refractivity contribution in [3.63, 3.8) is 0 Å². The SMILES string of the molecule is COCC[C@H](NC(=O)[C@H](CC(C)C)N(C)C(=O)CNC(=O)[C@@H](NC(=O)[C@H](Cc1ccc(O)cc1)NC(=O)[C@H](CCCCN)NC(=O)[C@H](CC(=O)O)NC(=O)COCCOCCNC(=O)COCCOCCNC(=O)CC[C@H](NC(=O)CCCCCCCCCCCCCCCCC(=O)O)C(=O)O)C(C)C)C(N)=O.